The maximum absolute atomic E-state index is 2.42. The lowest BCUT2D eigenvalue weighted by molar-refractivity contribution is 0.660. The van der Waals surface area contributed by atoms with Crippen LogP contribution in [0.15, 0.2) is 182 Å². The van der Waals surface area contributed by atoms with E-state index in [1.807, 2.05) is 22.7 Å². The van der Waals surface area contributed by atoms with Crippen LogP contribution < -0.4 is 0 Å². The third-order valence-electron chi connectivity index (χ3n) is 14.7. The van der Waals surface area contributed by atoms with E-state index >= 15 is 0 Å². The minimum Gasteiger partial charge on any atom is -0.309 e. The van der Waals surface area contributed by atoms with Crippen LogP contribution in [0.3, 0.4) is 0 Å². The molecule has 0 bridgehead atoms. The Morgan fingerprint density at radius 2 is 0.775 bits per heavy atom. The molecule has 342 valence electrons. The smallest absolute Gasteiger partial charge is 0.0541 e. The molecule has 71 heavy (non-hydrogen) atoms. The molecule has 0 fully saturated rings. The van der Waals surface area contributed by atoms with Gasteiger partial charge >= 0.3 is 0 Å². The Morgan fingerprint density at radius 1 is 0.366 bits per heavy atom. The fourth-order valence-electron chi connectivity index (χ4n) is 11.5. The molecule has 4 heterocycles. The van der Waals surface area contributed by atoms with Gasteiger partial charge in [0.15, 0.2) is 0 Å². The quantitative estimate of drug-likeness (QED) is 0.144. The lowest BCUT2D eigenvalue weighted by Gasteiger charge is -2.22. The normalized spacial score (nSPS) is 13.2. The number of hydrogen-bond acceptors (Lipinski definition) is 2. The molecule has 0 aliphatic heterocycles. The van der Waals surface area contributed by atoms with Gasteiger partial charge in [-0.3, -0.25) is 0 Å². The molecule has 0 saturated heterocycles. The van der Waals surface area contributed by atoms with Gasteiger partial charge in [-0.1, -0.05) is 123 Å². The van der Waals surface area contributed by atoms with E-state index in [0.29, 0.717) is 0 Å². The van der Waals surface area contributed by atoms with E-state index in [9.17, 15) is 0 Å². The Morgan fingerprint density at radius 3 is 1.21 bits per heavy atom. The van der Waals surface area contributed by atoms with E-state index in [4.69, 9.17) is 0 Å². The number of hydrogen-bond donors (Lipinski definition) is 0. The van der Waals surface area contributed by atoms with Crippen LogP contribution in [0.5, 0.6) is 0 Å². The summed E-state index contributed by atoms with van der Waals surface area (Å²) in [5, 5.41) is 5.12. The summed E-state index contributed by atoms with van der Waals surface area (Å²) in [6.45, 7) is 13.5. The number of nitrogens with zero attached hydrogens (tertiary/aromatic N) is 2. The Labute approximate surface area is 423 Å². The van der Waals surface area contributed by atoms with Gasteiger partial charge in [0.05, 0.1) is 22.1 Å². The first-order valence-corrected chi connectivity index (χ1v) is 26.3. The van der Waals surface area contributed by atoms with Crippen LogP contribution in [0, 0.1) is 27.7 Å². The predicted molar refractivity (Wildman–Crippen MR) is 309 cm³/mol. The summed E-state index contributed by atoms with van der Waals surface area (Å²) < 4.78 is 4.83. The van der Waals surface area contributed by atoms with Gasteiger partial charge in [-0.2, -0.15) is 0 Å². The first kappa shape index (κ1) is 43.3. The standard InChI is InChI=1S/C67H52N2S2/c1-41-31-42(2)34-49(33-41)68-61-13-9-7-11-55(61)57-39-47(19-27-63(57)68)65-29-23-51(70-65)21-15-45-17-25-53-54-26-18-46(38-60(54)67(5,6)59(53)37-45)16-22-52-24-30-66(71-52)48-20-28-64-58(40-48)56-12-8-10-14-62(56)69(64)50-35-43(3)32-44(4)36-50/h7-40H,1-6H3/b21-15+,22-16+. The second-order valence-corrected chi connectivity index (χ2v) is 22.4. The summed E-state index contributed by atoms with van der Waals surface area (Å²) in [6, 6.07) is 68.2. The molecule has 2 nitrogen and oxygen atoms in total. The van der Waals surface area contributed by atoms with Crippen LogP contribution in [-0.2, 0) is 5.41 Å². The van der Waals surface area contributed by atoms with Crippen LogP contribution in [0.4, 0.5) is 0 Å². The molecule has 4 aromatic heterocycles. The zero-order chi connectivity index (χ0) is 48.1. The second-order valence-electron chi connectivity index (χ2n) is 20.2. The van der Waals surface area contributed by atoms with Gasteiger partial charge in [-0.05, 0) is 192 Å². The Bertz CT molecular complexity index is 3880. The fourth-order valence-corrected chi connectivity index (χ4v) is 13.3. The summed E-state index contributed by atoms with van der Waals surface area (Å²) in [5.74, 6) is 0. The lowest BCUT2D eigenvalue weighted by atomic mass is 9.81. The first-order valence-electron chi connectivity index (χ1n) is 24.6. The molecule has 12 aromatic rings. The number of benzene rings is 8. The fraction of sp³-hybridized carbons (Fsp3) is 0.104. The SMILES string of the molecule is Cc1cc(C)cc(-n2c3ccccc3c3cc(-c4ccc(/C=C/c5ccc6c(c5)C(C)(C)c5cc(/C=C/c7ccc(-c8ccc9c(c8)c8ccccc8n9-c8cc(C)cc(C)c8)s7)ccc5-6)s4)ccc32)c1. The van der Waals surface area contributed by atoms with E-state index in [-0.39, 0.29) is 5.41 Å². The highest BCUT2D eigenvalue weighted by atomic mass is 32.1. The van der Waals surface area contributed by atoms with E-state index < -0.39 is 0 Å². The molecule has 4 heteroatoms. The molecule has 13 rings (SSSR count). The highest BCUT2D eigenvalue weighted by molar-refractivity contribution is 7.16. The zero-order valence-corrected chi connectivity index (χ0v) is 42.5. The van der Waals surface area contributed by atoms with Gasteiger partial charge < -0.3 is 9.13 Å². The number of thiophene rings is 2. The van der Waals surface area contributed by atoms with Crippen LogP contribution in [0.1, 0.15) is 68.1 Å². The maximum atomic E-state index is 2.42. The number of rotatable bonds is 8. The molecule has 1 aliphatic carbocycles. The van der Waals surface area contributed by atoms with Crippen LogP contribution in [0.25, 0.3) is 111 Å². The predicted octanol–water partition coefficient (Wildman–Crippen LogP) is 19.2. The van der Waals surface area contributed by atoms with Crippen molar-refractivity contribution in [2.45, 2.75) is 47.0 Å². The van der Waals surface area contributed by atoms with Crippen molar-refractivity contribution >= 4 is 90.6 Å². The van der Waals surface area contributed by atoms with Crippen LogP contribution in [0.2, 0.25) is 0 Å². The molecule has 0 N–H and O–H groups in total. The van der Waals surface area contributed by atoms with Gasteiger partial charge in [0, 0.05) is 57.8 Å². The molecule has 8 aromatic carbocycles. The number of aromatic nitrogens is 2. The van der Waals surface area contributed by atoms with Crippen molar-refractivity contribution in [1.82, 2.24) is 9.13 Å². The Hall–Kier alpha value is -7.76. The molecular weight excluding hydrogens is 897 g/mol. The van der Waals surface area contributed by atoms with Crippen LogP contribution in [-0.4, -0.2) is 9.13 Å². The van der Waals surface area contributed by atoms with Crippen molar-refractivity contribution in [2.24, 2.45) is 0 Å². The number of fused-ring (bicyclic) bond motifs is 9. The minimum absolute atomic E-state index is 0.121. The monoisotopic (exact) mass is 948 g/mol. The maximum Gasteiger partial charge on any atom is 0.0541 e. The second kappa shape index (κ2) is 16.7. The molecule has 0 saturated carbocycles. The van der Waals surface area contributed by atoms with E-state index in [1.54, 1.807) is 0 Å². The van der Waals surface area contributed by atoms with E-state index in [1.165, 1.54) is 141 Å². The summed E-state index contributed by atoms with van der Waals surface area (Å²) in [5.41, 5.74) is 22.7. The van der Waals surface area contributed by atoms with Crippen molar-refractivity contribution in [2.75, 3.05) is 0 Å². The van der Waals surface area contributed by atoms with Gasteiger partial charge in [0.1, 0.15) is 0 Å². The van der Waals surface area contributed by atoms with Crippen molar-refractivity contribution in [3.8, 4) is 43.4 Å². The van der Waals surface area contributed by atoms with E-state index in [2.05, 4.69) is 257 Å². The third kappa shape index (κ3) is 7.44. The summed E-state index contributed by atoms with van der Waals surface area (Å²) >= 11 is 3.69. The highest BCUT2D eigenvalue weighted by Crippen LogP contribution is 2.50. The van der Waals surface area contributed by atoms with Gasteiger partial charge in [0.2, 0.25) is 0 Å². The molecule has 0 amide bonds. The molecule has 1 aliphatic rings. The number of para-hydroxylation sites is 2. The third-order valence-corrected chi connectivity index (χ3v) is 16.9. The average Bonchev–Trinajstić information content (AvgIpc) is 4.20. The Kier molecular flexibility index (Phi) is 10.2. The lowest BCUT2D eigenvalue weighted by Crippen LogP contribution is -2.15. The molecule has 0 unspecified atom stereocenters. The van der Waals surface area contributed by atoms with Crippen molar-refractivity contribution in [1.29, 1.82) is 0 Å². The number of aryl methyl sites for hydroxylation is 4. The summed E-state index contributed by atoms with van der Waals surface area (Å²) in [6.07, 6.45) is 9.11. The topological polar surface area (TPSA) is 9.86 Å². The van der Waals surface area contributed by atoms with Gasteiger partial charge in [-0.25, -0.2) is 0 Å². The highest BCUT2D eigenvalue weighted by Gasteiger charge is 2.35. The summed E-state index contributed by atoms with van der Waals surface area (Å²) in [4.78, 5) is 5.04. The van der Waals surface area contributed by atoms with Crippen LogP contribution >= 0.6 is 22.7 Å². The molecule has 0 atom stereocenters. The first-order chi connectivity index (χ1) is 34.5. The minimum atomic E-state index is -0.121. The average molecular weight is 949 g/mol. The molecular formula is C67H52N2S2. The molecule has 0 spiro atoms. The Balaban J connectivity index is 0.731. The largest absolute Gasteiger partial charge is 0.309 e. The van der Waals surface area contributed by atoms with Gasteiger partial charge in [-0.15, -0.1) is 22.7 Å². The zero-order valence-electron chi connectivity index (χ0n) is 40.8. The van der Waals surface area contributed by atoms with E-state index in [0.717, 1.165) is 0 Å². The molecule has 0 radical (unpaired) electrons. The van der Waals surface area contributed by atoms with Crippen molar-refractivity contribution < 1.29 is 0 Å². The van der Waals surface area contributed by atoms with Crippen molar-refractivity contribution in [3.63, 3.8) is 0 Å². The van der Waals surface area contributed by atoms with Crippen molar-refractivity contribution in [3.05, 3.63) is 236 Å². The van der Waals surface area contributed by atoms with Gasteiger partial charge in [0.25, 0.3) is 0 Å². The summed E-state index contributed by atoms with van der Waals surface area (Å²) in [7, 11) is 0.